The van der Waals surface area contributed by atoms with E-state index in [2.05, 4.69) is 22.2 Å². The first kappa shape index (κ1) is 23.6. The molecule has 2 saturated heterocycles. The SMILES string of the molecule is CCc1nc(CN2CCN(C(=O)C(N)C3CCOCC3)CC2)cs1.Cl.Cl. The average molecular weight is 425 g/mol. The quantitative estimate of drug-likeness (QED) is 0.781. The van der Waals surface area contributed by atoms with Gasteiger partial charge in [-0.2, -0.15) is 0 Å². The fourth-order valence-electron chi connectivity index (χ4n) is 3.43. The minimum Gasteiger partial charge on any atom is -0.381 e. The molecule has 1 amide bonds. The lowest BCUT2D eigenvalue weighted by molar-refractivity contribution is -0.136. The maximum Gasteiger partial charge on any atom is 0.239 e. The molecule has 0 bridgehead atoms. The zero-order valence-corrected chi connectivity index (χ0v) is 17.7. The van der Waals surface area contributed by atoms with Crippen LogP contribution in [0.25, 0.3) is 0 Å². The predicted octanol–water partition coefficient (Wildman–Crippen LogP) is 1.95. The summed E-state index contributed by atoms with van der Waals surface area (Å²) < 4.78 is 5.36. The van der Waals surface area contributed by atoms with Crippen LogP contribution < -0.4 is 5.73 Å². The fraction of sp³-hybridized carbons (Fsp3) is 0.765. The van der Waals surface area contributed by atoms with Gasteiger partial charge in [0.05, 0.1) is 16.7 Å². The van der Waals surface area contributed by atoms with Gasteiger partial charge in [0, 0.05) is 51.3 Å². The average Bonchev–Trinajstić information content (AvgIpc) is 3.09. The number of thiazole rings is 1. The third-order valence-corrected chi connectivity index (χ3v) is 6.07. The van der Waals surface area contributed by atoms with E-state index in [1.54, 1.807) is 11.3 Å². The molecule has 2 aliphatic heterocycles. The van der Waals surface area contributed by atoms with Crippen LogP contribution in [0.3, 0.4) is 0 Å². The lowest BCUT2D eigenvalue weighted by atomic mass is 9.91. The number of aromatic nitrogens is 1. The molecule has 0 saturated carbocycles. The maximum atomic E-state index is 12.6. The number of halogens is 2. The van der Waals surface area contributed by atoms with E-state index in [9.17, 15) is 4.79 Å². The minimum absolute atomic E-state index is 0. The highest BCUT2D eigenvalue weighted by molar-refractivity contribution is 7.09. The van der Waals surface area contributed by atoms with E-state index in [0.29, 0.717) is 0 Å². The Morgan fingerprint density at radius 1 is 1.31 bits per heavy atom. The van der Waals surface area contributed by atoms with Crippen molar-refractivity contribution in [1.29, 1.82) is 0 Å². The second-order valence-corrected chi connectivity index (χ2v) is 7.61. The van der Waals surface area contributed by atoms with Gasteiger partial charge in [0.15, 0.2) is 0 Å². The van der Waals surface area contributed by atoms with Gasteiger partial charge in [-0.25, -0.2) is 4.98 Å². The zero-order valence-electron chi connectivity index (χ0n) is 15.3. The smallest absolute Gasteiger partial charge is 0.239 e. The molecule has 1 aromatic heterocycles. The Balaban J connectivity index is 0.00000169. The van der Waals surface area contributed by atoms with Gasteiger partial charge in [-0.05, 0) is 25.2 Å². The molecule has 1 atom stereocenters. The second kappa shape index (κ2) is 11.4. The molecule has 6 nitrogen and oxygen atoms in total. The Kier molecular flexibility index (Phi) is 10.4. The third-order valence-electron chi connectivity index (χ3n) is 5.03. The molecule has 2 aliphatic rings. The van der Waals surface area contributed by atoms with Gasteiger partial charge in [0.1, 0.15) is 0 Å². The molecule has 1 unspecified atom stereocenters. The number of aryl methyl sites for hydroxylation is 1. The fourth-order valence-corrected chi connectivity index (χ4v) is 4.16. The molecule has 0 spiro atoms. The van der Waals surface area contributed by atoms with Crippen LogP contribution >= 0.6 is 36.2 Å². The lowest BCUT2D eigenvalue weighted by Crippen LogP contribution is -2.55. The van der Waals surface area contributed by atoms with Crippen LogP contribution in [0.15, 0.2) is 5.38 Å². The monoisotopic (exact) mass is 424 g/mol. The van der Waals surface area contributed by atoms with Crippen molar-refractivity contribution in [3.05, 3.63) is 16.1 Å². The zero-order chi connectivity index (χ0) is 16.9. The normalized spacial score (nSPS) is 20.2. The van der Waals surface area contributed by atoms with Crippen molar-refractivity contribution in [2.24, 2.45) is 11.7 Å². The third kappa shape index (κ3) is 6.04. The van der Waals surface area contributed by atoms with Crippen LogP contribution in [0.4, 0.5) is 0 Å². The highest BCUT2D eigenvalue weighted by Gasteiger charge is 2.31. The summed E-state index contributed by atoms with van der Waals surface area (Å²) in [6.07, 6.45) is 2.80. The van der Waals surface area contributed by atoms with Crippen LogP contribution in [-0.4, -0.2) is 66.1 Å². The number of ether oxygens (including phenoxy) is 1. The number of hydrogen-bond acceptors (Lipinski definition) is 6. The van der Waals surface area contributed by atoms with Crippen LogP contribution in [0, 0.1) is 5.92 Å². The largest absolute Gasteiger partial charge is 0.381 e. The first-order valence-electron chi connectivity index (χ1n) is 8.95. The molecule has 0 aliphatic carbocycles. The number of carbonyl (C=O) groups is 1. The van der Waals surface area contributed by atoms with E-state index in [4.69, 9.17) is 10.5 Å². The molecule has 0 aromatic carbocycles. The van der Waals surface area contributed by atoms with E-state index in [1.807, 2.05) is 4.90 Å². The van der Waals surface area contributed by atoms with Crippen molar-refractivity contribution in [3.8, 4) is 0 Å². The first-order valence-corrected chi connectivity index (χ1v) is 9.83. The van der Waals surface area contributed by atoms with Gasteiger partial charge in [0.2, 0.25) is 5.91 Å². The minimum atomic E-state index is -0.369. The molecule has 2 fully saturated rings. The van der Waals surface area contributed by atoms with Crippen molar-refractivity contribution >= 4 is 42.1 Å². The molecular weight excluding hydrogens is 395 g/mol. The standard InChI is InChI=1S/C17H28N4O2S.2ClH/c1-2-15-19-14(12-24-15)11-20-5-7-21(8-6-20)17(22)16(18)13-3-9-23-10-4-13;;/h12-13,16H,2-11,18H2,1H3;2*1H. The predicted molar refractivity (Wildman–Crippen MR) is 109 cm³/mol. The molecule has 3 rings (SSSR count). The summed E-state index contributed by atoms with van der Waals surface area (Å²) in [4.78, 5) is 21.6. The van der Waals surface area contributed by atoms with Crippen molar-refractivity contribution in [2.75, 3.05) is 39.4 Å². The number of carbonyl (C=O) groups excluding carboxylic acids is 1. The van der Waals surface area contributed by atoms with Gasteiger partial charge < -0.3 is 15.4 Å². The summed E-state index contributed by atoms with van der Waals surface area (Å²) in [6, 6.07) is -0.369. The van der Waals surface area contributed by atoms with E-state index in [1.165, 1.54) is 5.01 Å². The Morgan fingerprint density at radius 3 is 2.54 bits per heavy atom. The topological polar surface area (TPSA) is 71.7 Å². The van der Waals surface area contributed by atoms with Crippen molar-refractivity contribution in [3.63, 3.8) is 0 Å². The van der Waals surface area contributed by atoms with Gasteiger partial charge in [0.25, 0.3) is 0 Å². The van der Waals surface area contributed by atoms with Crippen LogP contribution in [0.5, 0.6) is 0 Å². The molecule has 2 N–H and O–H groups in total. The Labute approximate surface area is 172 Å². The summed E-state index contributed by atoms with van der Waals surface area (Å²) in [5, 5.41) is 3.35. The summed E-state index contributed by atoms with van der Waals surface area (Å²) in [6.45, 7) is 7.79. The summed E-state index contributed by atoms with van der Waals surface area (Å²) in [5.41, 5.74) is 7.38. The van der Waals surface area contributed by atoms with Crippen LogP contribution in [-0.2, 0) is 22.5 Å². The lowest BCUT2D eigenvalue weighted by Gasteiger charge is -2.37. The molecule has 0 radical (unpaired) electrons. The summed E-state index contributed by atoms with van der Waals surface area (Å²) >= 11 is 1.73. The number of rotatable bonds is 5. The van der Waals surface area contributed by atoms with Crippen molar-refractivity contribution in [1.82, 2.24) is 14.8 Å². The molecule has 150 valence electrons. The molecule has 1 aromatic rings. The Bertz CT molecular complexity index is 547. The number of nitrogens with zero attached hydrogens (tertiary/aromatic N) is 3. The molecular formula is C17H30Cl2N4O2S. The van der Waals surface area contributed by atoms with E-state index < -0.39 is 0 Å². The second-order valence-electron chi connectivity index (χ2n) is 6.66. The van der Waals surface area contributed by atoms with Gasteiger partial charge in [-0.1, -0.05) is 6.92 Å². The van der Waals surface area contributed by atoms with Crippen LogP contribution in [0.1, 0.15) is 30.5 Å². The number of amides is 1. The van der Waals surface area contributed by atoms with Crippen LogP contribution in [0.2, 0.25) is 0 Å². The molecule has 3 heterocycles. The van der Waals surface area contributed by atoms with Crippen molar-refractivity contribution < 1.29 is 9.53 Å². The molecule has 9 heteroatoms. The number of piperazine rings is 1. The van der Waals surface area contributed by atoms with Gasteiger partial charge in [-0.3, -0.25) is 9.69 Å². The van der Waals surface area contributed by atoms with E-state index >= 15 is 0 Å². The summed E-state index contributed by atoms with van der Waals surface area (Å²) in [7, 11) is 0. The van der Waals surface area contributed by atoms with Gasteiger partial charge in [-0.15, -0.1) is 36.2 Å². The Morgan fingerprint density at radius 2 is 1.96 bits per heavy atom. The summed E-state index contributed by atoms with van der Waals surface area (Å²) in [5.74, 6) is 0.384. The van der Waals surface area contributed by atoms with Gasteiger partial charge >= 0.3 is 0 Å². The number of hydrogen-bond donors (Lipinski definition) is 1. The van der Waals surface area contributed by atoms with E-state index in [-0.39, 0.29) is 42.7 Å². The molecule has 26 heavy (non-hydrogen) atoms. The van der Waals surface area contributed by atoms with Crippen molar-refractivity contribution in [2.45, 2.75) is 38.8 Å². The number of nitrogens with two attached hydrogens (primary N) is 1. The van der Waals surface area contributed by atoms with E-state index in [0.717, 1.165) is 70.9 Å². The highest BCUT2D eigenvalue weighted by atomic mass is 35.5. The Hall–Kier alpha value is -0.440. The highest BCUT2D eigenvalue weighted by Crippen LogP contribution is 2.20. The maximum absolute atomic E-state index is 12.6. The first-order chi connectivity index (χ1) is 11.7.